The molecule has 0 radical (unpaired) electrons. The minimum Gasteiger partial charge on any atom is -0.337 e. The van der Waals surface area contributed by atoms with E-state index in [9.17, 15) is 9.18 Å². The van der Waals surface area contributed by atoms with Gasteiger partial charge >= 0.3 is 0 Å². The first-order chi connectivity index (χ1) is 5.54. The lowest BCUT2D eigenvalue weighted by molar-refractivity contribution is -0.127. The monoisotopic (exact) mass is 171 g/mol. The van der Waals surface area contributed by atoms with Gasteiger partial charge in [0.1, 0.15) is 0 Å². The lowest BCUT2D eigenvalue weighted by atomic mass is 10.3. The molecule has 1 aliphatic rings. The number of rotatable bonds is 2. The summed E-state index contributed by atoms with van der Waals surface area (Å²) in [6.07, 6.45) is 2.02. The lowest BCUT2D eigenvalue weighted by Gasteiger charge is -2.14. The fourth-order valence-corrected chi connectivity index (χ4v) is 0.996. The van der Waals surface area contributed by atoms with Crippen LogP contribution in [-0.2, 0) is 4.79 Å². The number of hydrogen-bond donors (Lipinski definition) is 0. The average Bonchev–Trinajstić information content (AvgIpc) is 2.82. The van der Waals surface area contributed by atoms with E-state index in [-0.39, 0.29) is 6.04 Å². The molecule has 0 atom stereocenters. The standard InChI is InChI=1S/C9H14FNO/c1-6(2)8(10)9(12)11(3)7-4-5-7/h7H,4-5H2,1-3H3. The zero-order valence-electron chi connectivity index (χ0n) is 7.72. The molecule has 1 saturated carbocycles. The van der Waals surface area contributed by atoms with E-state index in [1.165, 1.54) is 4.90 Å². The van der Waals surface area contributed by atoms with Gasteiger partial charge in [0.15, 0.2) is 5.83 Å². The molecule has 0 N–H and O–H groups in total. The highest BCUT2D eigenvalue weighted by Gasteiger charge is 2.31. The molecule has 0 aliphatic heterocycles. The van der Waals surface area contributed by atoms with E-state index in [2.05, 4.69) is 0 Å². The summed E-state index contributed by atoms with van der Waals surface area (Å²) in [7, 11) is 1.66. The molecule has 0 bridgehead atoms. The molecule has 0 heterocycles. The van der Waals surface area contributed by atoms with E-state index in [4.69, 9.17) is 0 Å². The van der Waals surface area contributed by atoms with Gasteiger partial charge in [-0.2, -0.15) is 0 Å². The Morgan fingerprint density at radius 3 is 2.25 bits per heavy atom. The Morgan fingerprint density at radius 2 is 1.92 bits per heavy atom. The van der Waals surface area contributed by atoms with Crippen molar-refractivity contribution in [1.82, 2.24) is 4.90 Å². The van der Waals surface area contributed by atoms with Crippen LogP contribution in [0.1, 0.15) is 26.7 Å². The number of nitrogens with zero attached hydrogens (tertiary/aromatic N) is 1. The largest absolute Gasteiger partial charge is 0.337 e. The normalized spacial score (nSPS) is 15.7. The second-order valence-corrected chi connectivity index (χ2v) is 3.46. The third kappa shape index (κ3) is 1.84. The van der Waals surface area contributed by atoms with Gasteiger partial charge in [-0.1, -0.05) is 0 Å². The minimum absolute atomic E-state index is 0.280. The van der Waals surface area contributed by atoms with E-state index in [1.54, 1.807) is 20.9 Å². The average molecular weight is 171 g/mol. The van der Waals surface area contributed by atoms with Crippen LogP contribution in [0.3, 0.4) is 0 Å². The third-order valence-corrected chi connectivity index (χ3v) is 2.04. The molecular weight excluding hydrogens is 157 g/mol. The van der Waals surface area contributed by atoms with E-state index >= 15 is 0 Å². The number of carbonyl (C=O) groups excluding carboxylic acids is 1. The Bertz CT molecular complexity index is 227. The van der Waals surface area contributed by atoms with E-state index < -0.39 is 11.7 Å². The summed E-state index contributed by atoms with van der Waals surface area (Å²) in [4.78, 5) is 12.7. The van der Waals surface area contributed by atoms with Gasteiger partial charge in [0.2, 0.25) is 0 Å². The Kier molecular flexibility index (Phi) is 2.50. The highest BCUT2D eigenvalue weighted by molar-refractivity contribution is 5.92. The maximum absolute atomic E-state index is 13.0. The smallest absolute Gasteiger partial charge is 0.282 e. The third-order valence-electron chi connectivity index (χ3n) is 2.04. The number of carbonyl (C=O) groups is 1. The van der Waals surface area contributed by atoms with Crippen LogP contribution in [0.4, 0.5) is 4.39 Å². The molecular formula is C9H14FNO. The fourth-order valence-electron chi connectivity index (χ4n) is 0.996. The molecule has 0 saturated heterocycles. The van der Waals surface area contributed by atoms with Gasteiger partial charge in [-0.15, -0.1) is 0 Å². The molecule has 0 aromatic rings. The highest BCUT2D eigenvalue weighted by atomic mass is 19.1. The van der Waals surface area contributed by atoms with Crippen LogP contribution in [0.5, 0.6) is 0 Å². The van der Waals surface area contributed by atoms with Crippen LogP contribution < -0.4 is 0 Å². The molecule has 68 valence electrons. The van der Waals surface area contributed by atoms with Gasteiger partial charge in [0.25, 0.3) is 5.91 Å². The molecule has 3 heteroatoms. The highest BCUT2D eigenvalue weighted by Crippen LogP contribution is 2.27. The summed E-state index contributed by atoms with van der Waals surface area (Å²) in [5.74, 6) is -1.08. The van der Waals surface area contributed by atoms with Gasteiger partial charge in [0.05, 0.1) is 0 Å². The van der Waals surface area contributed by atoms with Gasteiger partial charge < -0.3 is 4.90 Å². The van der Waals surface area contributed by atoms with Crippen molar-refractivity contribution in [3.63, 3.8) is 0 Å². The van der Waals surface area contributed by atoms with Crippen molar-refractivity contribution in [2.24, 2.45) is 0 Å². The van der Waals surface area contributed by atoms with Crippen LogP contribution >= 0.6 is 0 Å². The predicted octanol–water partition coefficient (Wildman–Crippen LogP) is 1.87. The van der Waals surface area contributed by atoms with Gasteiger partial charge in [-0.25, -0.2) is 4.39 Å². The zero-order valence-corrected chi connectivity index (χ0v) is 7.72. The number of amides is 1. The molecule has 0 spiro atoms. The zero-order chi connectivity index (χ0) is 9.30. The fraction of sp³-hybridized carbons (Fsp3) is 0.667. The molecule has 12 heavy (non-hydrogen) atoms. The van der Waals surface area contributed by atoms with E-state index in [1.807, 2.05) is 0 Å². The van der Waals surface area contributed by atoms with Gasteiger partial charge in [0, 0.05) is 13.1 Å². The van der Waals surface area contributed by atoms with E-state index in [0.29, 0.717) is 5.57 Å². The molecule has 1 fully saturated rings. The minimum atomic E-state index is -0.607. The summed E-state index contributed by atoms with van der Waals surface area (Å²) < 4.78 is 13.0. The Morgan fingerprint density at radius 1 is 1.42 bits per heavy atom. The Hall–Kier alpha value is -0.860. The predicted molar refractivity (Wildman–Crippen MR) is 45.3 cm³/mol. The molecule has 1 rings (SSSR count). The lowest BCUT2D eigenvalue weighted by Crippen LogP contribution is -2.29. The molecule has 0 aromatic carbocycles. The van der Waals surface area contributed by atoms with Crippen LogP contribution in [0.2, 0.25) is 0 Å². The van der Waals surface area contributed by atoms with Crippen molar-refractivity contribution in [1.29, 1.82) is 0 Å². The van der Waals surface area contributed by atoms with Crippen molar-refractivity contribution >= 4 is 5.91 Å². The second kappa shape index (κ2) is 3.25. The van der Waals surface area contributed by atoms with E-state index in [0.717, 1.165) is 12.8 Å². The SMILES string of the molecule is CC(C)=C(F)C(=O)N(C)C1CC1. The van der Waals surface area contributed by atoms with Crippen LogP contribution in [-0.4, -0.2) is 23.9 Å². The number of hydrogen-bond acceptors (Lipinski definition) is 1. The number of allylic oxidation sites excluding steroid dienone is 1. The second-order valence-electron chi connectivity index (χ2n) is 3.46. The molecule has 1 aliphatic carbocycles. The first kappa shape index (κ1) is 9.23. The summed E-state index contributed by atoms with van der Waals surface area (Å²) in [6, 6.07) is 0.280. The topological polar surface area (TPSA) is 20.3 Å². The maximum Gasteiger partial charge on any atom is 0.282 e. The summed E-state index contributed by atoms with van der Waals surface area (Å²) in [6.45, 7) is 3.21. The summed E-state index contributed by atoms with van der Waals surface area (Å²) in [5, 5.41) is 0. The van der Waals surface area contributed by atoms with Crippen molar-refractivity contribution < 1.29 is 9.18 Å². The Balaban J connectivity index is 2.63. The first-order valence-corrected chi connectivity index (χ1v) is 4.14. The molecule has 2 nitrogen and oxygen atoms in total. The number of likely N-dealkylation sites (N-methyl/N-ethyl adjacent to an activating group) is 1. The van der Waals surface area contributed by atoms with Crippen molar-refractivity contribution in [2.45, 2.75) is 32.7 Å². The summed E-state index contributed by atoms with van der Waals surface area (Å²) in [5.41, 5.74) is 0.451. The molecule has 0 unspecified atom stereocenters. The molecule has 0 aromatic heterocycles. The quantitative estimate of drug-likeness (QED) is 0.581. The maximum atomic E-state index is 13.0. The number of halogens is 1. The Labute approximate surface area is 72.1 Å². The van der Waals surface area contributed by atoms with Crippen molar-refractivity contribution in [3.8, 4) is 0 Å². The molecule has 1 amide bonds. The van der Waals surface area contributed by atoms with Crippen LogP contribution in [0.25, 0.3) is 0 Å². The van der Waals surface area contributed by atoms with Crippen molar-refractivity contribution in [3.05, 3.63) is 11.4 Å². The van der Waals surface area contributed by atoms with Gasteiger partial charge in [-0.3, -0.25) is 4.79 Å². The van der Waals surface area contributed by atoms with Crippen LogP contribution in [0.15, 0.2) is 11.4 Å². The first-order valence-electron chi connectivity index (χ1n) is 4.14. The van der Waals surface area contributed by atoms with Crippen LogP contribution in [0, 0.1) is 0 Å². The summed E-state index contributed by atoms with van der Waals surface area (Å²) >= 11 is 0. The van der Waals surface area contributed by atoms with Crippen molar-refractivity contribution in [2.75, 3.05) is 7.05 Å². The van der Waals surface area contributed by atoms with Gasteiger partial charge in [-0.05, 0) is 32.3 Å².